The molecule has 146 valence electrons. The molecule has 0 unspecified atom stereocenters. The Morgan fingerprint density at radius 2 is 1.65 bits per heavy atom. The van der Waals surface area contributed by atoms with Gasteiger partial charge in [-0.15, -0.1) is 0 Å². The van der Waals surface area contributed by atoms with Gasteiger partial charge < -0.3 is 14.4 Å². The Hall–Kier alpha value is -2.25. The summed E-state index contributed by atoms with van der Waals surface area (Å²) >= 11 is 0. The smallest absolute Gasteiger partial charge is 0.413 e. The van der Waals surface area contributed by atoms with Gasteiger partial charge in [0.05, 0.1) is 12.2 Å². The van der Waals surface area contributed by atoms with Crippen LogP contribution in [0.4, 0.5) is 15.4 Å². The van der Waals surface area contributed by atoms with Crippen molar-refractivity contribution in [2.75, 3.05) is 11.9 Å². The Bertz CT molecular complexity index is 683. The fourth-order valence-corrected chi connectivity index (χ4v) is 2.64. The molecule has 1 aromatic heterocycles. The van der Waals surface area contributed by atoms with Gasteiger partial charge in [-0.1, -0.05) is 0 Å². The van der Waals surface area contributed by atoms with Crippen LogP contribution in [0.5, 0.6) is 0 Å². The molecule has 1 aromatic rings. The molecule has 0 saturated carbocycles. The van der Waals surface area contributed by atoms with Crippen LogP contribution in [-0.4, -0.2) is 44.6 Å². The minimum absolute atomic E-state index is 0.340. The van der Waals surface area contributed by atoms with Crippen molar-refractivity contribution >= 4 is 18.0 Å². The molecule has 1 aliphatic heterocycles. The maximum absolute atomic E-state index is 12.4. The molecular formula is C18H30N4O4. The van der Waals surface area contributed by atoms with Crippen molar-refractivity contribution in [3.63, 3.8) is 0 Å². The quantitative estimate of drug-likeness (QED) is 0.819. The van der Waals surface area contributed by atoms with Gasteiger partial charge in [0, 0.05) is 18.7 Å². The fraction of sp³-hybridized carbons (Fsp3) is 0.722. The van der Waals surface area contributed by atoms with Crippen LogP contribution in [0.2, 0.25) is 0 Å². The third-order valence-electron chi connectivity index (χ3n) is 3.73. The van der Waals surface area contributed by atoms with E-state index in [0.717, 1.165) is 17.7 Å². The van der Waals surface area contributed by atoms with E-state index in [2.05, 4.69) is 10.4 Å². The third-order valence-corrected chi connectivity index (χ3v) is 3.73. The minimum atomic E-state index is -0.581. The lowest BCUT2D eigenvalue weighted by molar-refractivity contribution is 0.0236. The number of anilines is 1. The lowest BCUT2D eigenvalue weighted by Crippen LogP contribution is -2.36. The summed E-state index contributed by atoms with van der Waals surface area (Å²) in [5, 5.41) is 7.17. The third kappa shape index (κ3) is 5.37. The molecule has 0 fully saturated rings. The summed E-state index contributed by atoms with van der Waals surface area (Å²) in [4.78, 5) is 26.1. The van der Waals surface area contributed by atoms with E-state index in [4.69, 9.17) is 9.47 Å². The summed E-state index contributed by atoms with van der Waals surface area (Å²) in [6.07, 6.45) is -0.120. The highest BCUT2D eigenvalue weighted by Gasteiger charge is 2.28. The molecule has 0 spiro atoms. The SMILES string of the molecule is Cc1c(NC(=O)OC(C)(C)C)nn2c1CN(C(=O)OC(C)(C)C)CCC2. The van der Waals surface area contributed by atoms with Crippen molar-refractivity contribution < 1.29 is 19.1 Å². The predicted octanol–water partition coefficient (Wildman–Crippen LogP) is 3.68. The second-order valence-electron chi connectivity index (χ2n) is 8.53. The van der Waals surface area contributed by atoms with E-state index < -0.39 is 17.3 Å². The zero-order valence-electron chi connectivity index (χ0n) is 16.8. The van der Waals surface area contributed by atoms with Gasteiger partial charge in [0.15, 0.2) is 5.82 Å². The predicted molar refractivity (Wildman–Crippen MR) is 98.1 cm³/mol. The van der Waals surface area contributed by atoms with E-state index in [-0.39, 0.29) is 6.09 Å². The number of aromatic nitrogens is 2. The number of amides is 2. The van der Waals surface area contributed by atoms with Gasteiger partial charge in [-0.3, -0.25) is 10.00 Å². The first kappa shape index (κ1) is 20.1. The van der Waals surface area contributed by atoms with E-state index in [1.165, 1.54) is 0 Å². The van der Waals surface area contributed by atoms with Crippen LogP contribution in [-0.2, 0) is 22.6 Å². The standard InChI is InChI=1S/C18H30N4O4/c1-12-13-11-21(16(24)26-18(5,6)7)9-8-10-22(13)20-14(12)19-15(23)25-17(2,3)4/h8-11H2,1-7H3,(H,19,20,23). The summed E-state index contributed by atoms with van der Waals surface area (Å²) in [6, 6.07) is 0. The second-order valence-corrected chi connectivity index (χ2v) is 8.53. The number of rotatable bonds is 1. The summed E-state index contributed by atoms with van der Waals surface area (Å²) in [6.45, 7) is 14.5. The number of carbonyl (C=O) groups excluding carboxylic acids is 2. The van der Waals surface area contributed by atoms with Crippen LogP contribution in [0, 0.1) is 6.92 Å². The Kier molecular flexibility index (Phi) is 5.53. The summed E-state index contributed by atoms with van der Waals surface area (Å²) < 4.78 is 12.6. The number of ether oxygens (including phenoxy) is 2. The van der Waals surface area contributed by atoms with Crippen LogP contribution in [0.1, 0.15) is 59.2 Å². The average molecular weight is 366 g/mol. The normalized spacial score (nSPS) is 15.1. The monoisotopic (exact) mass is 366 g/mol. The number of nitrogens with one attached hydrogen (secondary N) is 1. The molecular weight excluding hydrogens is 336 g/mol. The number of hydrogen-bond donors (Lipinski definition) is 1. The van der Waals surface area contributed by atoms with Crippen molar-refractivity contribution in [2.24, 2.45) is 0 Å². The van der Waals surface area contributed by atoms with E-state index >= 15 is 0 Å². The number of fused-ring (bicyclic) bond motifs is 1. The molecule has 0 radical (unpaired) electrons. The van der Waals surface area contributed by atoms with Crippen molar-refractivity contribution in [3.8, 4) is 0 Å². The van der Waals surface area contributed by atoms with Crippen molar-refractivity contribution in [3.05, 3.63) is 11.3 Å². The molecule has 0 saturated heterocycles. The highest BCUT2D eigenvalue weighted by molar-refractivity contribution is 5.84. The number of aryl methyl sites for hydroxylation is 1. The zero-order valence-corrected chi connectivity index (χ0v) is 16.8. The molecule has 8 heteroatoms. The van der Waals surface area contributed by atoms with Crippen molar-refractivity contribution in [1.82, 2.24) is 14.7 Å². The summed E-state index contributed by atoms with van der Waals surface area (Å²) in [5.74, 6) is 0.459. The molecule has 1 N–H and O–H groups in total. The Labute approximate surface area is 154 Å². The van der Waals surface area contributed by atoms with Gasteiger partial charge in [0.25, 0.3) is 0 Å². The van der Waals surface area contributed by atoms with Gasteiger partial charge in [0.2, 0.25) is 0 Å². The maximum Gasteiger partial charge on any atom is 0.413 e. The largest absolute Gasteiger partial charge is 0.444 e. The molecule has 2 amide bonds. The van der Waals surface area contributed by atoms with Crippen molar-refractivity contribution in [1.29, 1.82) is 0 Å². The summed E-state index contributed by atoms with van der Waals surface area (Å²) in [7, 11) is 0. The molecule has 2 rings (SSSR count). The number of carbonyl (C=O) groups is 2. The van der Waals surface area contributed by atoms with E-state index in [1.807, 2.05) is 32.4 Å². The molecule has 0 aliphatic carbocycles. The Morgan fingerprint density at radius 3 is 2.23 bits per heavy atom. The fourth-order valence-electron chi connectivity index (χ4n) is 2.64. The van der Waals surface area contributed by atoms with Crippen LogP contribution in [0.3, 0.4) is 0 Å². The van der Waals surface area contributed by atoms with Crippen LogP contribution >= 0.6 is 0 Å². The maximum atomic E-state index is 12.4. The van der Waals surface area contributed by atoms with Gasteiger partial charge >= 0.3 is 12.2 Å². The molecule has 1 aliphatic rings. The van der Waals surface area contributed by atoms with Gasteiger partial charge in [-0.2, -0.15) is 5.10 Å². The summed E-state index contributed by atoms with van der Waals surface area (Å²) in [5.41, 5.74) is 0.593. The first-order valence-corrected chi connectivity index (χ1v) is 8.90. The van der Waals surface area contributed by atoms with E-state index in [0.29, 0.717) is 25.5 Å². The second kappa shape index (κ2) is 7.17. The molecule has 0 aromatic carbocycles. The average Bonchev–Trinajstić information content (AvgIpc) is 2.62. The molecule has 26 heavy (non-hydrogen) atoms. The van der Waals surface area contributed by atoms with Crippen LogP contribution < -0.4 is 5.32 Å². The molecule has 0 bridgehead atoms. The lowest BCUT2D eigenvalue weighted by atomic mass is 10.2. The van der Waals surface area contributed by atoms with E-state index in [1.54, 1.807) is 25.7 Å². The highest BCUT2D eigenvalue weighted by Crippen LogP contribution is 2.24. The van der Waals surface area contributed by atoms with Crippen molar-refractivity contribution in [2.45, 2.75) is 79.2 Å². The first-order chi connectivity index (χ1) is 11.9. The van der Waals surface area contributed by atoms with Gasteiger partial charge in [-0.05, 0) is 54.9 Å². The lowest BCUT2D eigenvalue weighted by Gasteiger charge is -2.26. The minimum Gasteiger partial charge on any atom is -0.444 e. The van der Waals surface area contributed by atoms with Gasteiger partial charge in [0.1, 0.15) is 11.2 Å². The zero-order chi connectivity index (χ0) is 19.7. The molecule has 2 heterocycles. The van der Waals surface area contributed by atoms with Gasteiger partial charge in [-0.25, -0.2) is 9.59 Å². The molecule has 0 atom stereocenters. The topological polar surface area (TPSA) is 85.7 Å². The molecule has 8 nitrogen and oxygen atoms in total. The van der Waals surface area contributed by atoms with Crippen LogP contribution in [0.25, 0.3) is 0 Å². The number of hydrogen-bond acceptors (Lipinski definition) is 5. The first-order valence-electron chi connectivity index (χ1n) is 8.90. The highest BCUT2D eigenvalue weighted by atomic mass is 16.6. The van der Waals surface area contributed by atoms with Crippen LogP contribution in [0.15, 0.2) is 0 Å². The number of nitrogens with zero attached hydrogens (tertiary/aromatic N) is 3. The Morgan fingerprint density at radius 1 is 1.04 bits per heavy atom. The Balaban J connectivity index is 2.15. The van der Waals surface area contributed by atoms with E-state index in [9.17, 15) is 9.59 Å².